The molecule has 0 fully saturated rings. The Hall–Kier alpha value is -4.20. The summed E-state index contributed by atoms with van der Waals surface area (Å²) in [5, 5.41) is 22.7. The number of non-ortho nitro benzene ring substituents is 1. The molecular formula is C22H18N2O6. The molecule has 0 bridgehead atoms. The van der Waals surface area contributed by atoms with E-state index in [2.05, 4.69) is 5.32 Å². The van der Waals surface area contributed by atoms with E-state index in [4.69, 9.17) is 4.74 Å². The fourth-order valence-corrected chi connectivity index (χ4v) is 2.74. The van der Waals surface area contributed by atoms with Crippen molar-refractivity contribution in [2.75, 3.05) is 5.32 Å². The third kappa shape index (κ3) is 4.61. The molecule has 0 saturated carbocycles. The summed E-state index contributed by atoms with van der Waals surface area (Å²) in [5.74, 6) is -0.865. The van der Waals surface area contributed by atoms with Gasteiger partial charge in [0.05, 0.1) is 16.1 Å². The van der Waals surface area contributed by atoms with Crippen LogP contribution in [0.3, 0.4) is 0 Å². The van der Waals surface area contributed by atoms with Crippen LogP contribution in [0.25, 0.3) is 0 Å². The van der Waals surface area contributed by atoms with Crippen molar-refractivity contribution in [2.24, 2.45) is 0 Å². The number of ether oxygens (including phenoxy) is 1. The number of anilines is 1. The van der Waals surface area contributed by atoms with Crippen molar-refractivity contribution < 1.29 is 24.4 Å². The molecule has 0 unspecified atom stereocenters. The molecule has 3 rings (SSSR count). The summed E-state index contributed by atoms with van der Waals surface area (Å²) in [7, 11) is 0. The Morgan fingerprint density at radius 2 is 1.57 bits per heavy atom. The molecule has 3 aromatic carbocycles. The van der Waals surface area contributed by atoms with E-state index in [0.717, 1.165) is 29.3 Å². The zero-order valence-electron chi connectivity index (χ0n) is 16.2. The van der Waals surface area contributed by atoms with Crippen LogP contribution in [0.5, 0.6) is 11.5 Å². The Morgan fingerprint density at radius 1 is 0.900 bits per heavy atom. The number of carbonyl (C=O) groups excluding carboxylic acids is 1. The van der Waals surface area contributed by atoms with Crippen LogP contribution in [0.4, 0.5) is 11.4 Å². The third-order valence-electron chi connectivity index (χ3n) is 4.52. The van der Waals surface area contributed by atoms with E-state index < -0.39 is 28.1 Å². The van der Waals surface area contributed by atoms with Gasteiger partial charge in [0.15, 0.2) is 0 Å². The quantitative estimate of drug-likeness (QED) is 0.441. The molecule has 0 aliphatic rings. The number of carbonyl (C=O) groups is 2. The van der Waals surface area contributed by atoms with Crippen molar-refractivity contribution in [1.82, 2.24) is 0 Å². The van der Waals surface area contributed by atoms with E-state index in [0.29, 0.717) is 17.2 Å². The number of amides is 1. The van der Waals surface area contributed by atoms with E-state index in [9.17, 15) is 24.8 Å². The van der Waals surface area contributed by atoms with Crippen LogP contribution in [0.1, 0.15) is 31.8 Å². The molecule has 152 valence electrons. The summed E-state index contributed by atoms with van der Waals surface area (Å²) < 4.78 is 5.79. The van der Waals surface area contributed by atoms with Crippen LogP contribution in [-0.2, 0) is 0 Å². The van der Waals surface area contributed by atoms with Gasteiger partial charge < -0.3 is 15.2 Å². The summed E-state index contributed by atoms with van der Waals surface area (Å²) in [5.41, 5.74) is 1.65. The van der Waals surface area contributed by atoms with Gasteiger partial charge in [-0.3, -0.25) is 14.9 Å². The minimum atomic E-state index is -1.43. The van der Waals surface area contributed by atoms with Crippen molar-refractivity contribution in [1.29, 1.82) is 0 Å². The van der Waals surface area contributed by atoms with Crippen molar-refractivity contribution in [3.8, 4) is 11.5 Å². The van der Waals surface area contributed by atoms with Gasteiger partial charge in [-0.2, -0.15) is 0 Å². The molecule has 8 nitrogen and oxygen atoms in total. The van der Waals surface area contributed by atoms with Gasteiger partial charge in [0.2, 0.25) is 0 Å². The predicted molar refractivity (Wildman–Crippen MR) is 110 cm³/mol. The highest BCUT2D eigenvalue weighted by molar-refractivity contribution is 6.11. The largest absolute Gasteiger partial charge is 0.478 e. The number of nitro benzene ring substituents is 1. The normalized spacial score (nSPS) is 10.3. The van der Waals surface area contributed by atoms with Crippen LogP contribution in [0.15, 0.2) is 60.7 Å². The van der Waals surface area contributed by atoms with Gasteiger partial charge in [-0.15, -0.1) is 0 Å². The number of rotatable bonds is 6. The number of carboxylic acid groups (broad SMARTS) is 1. The summed E-state index contributed by atoms with van der Waals surface area (Å²) in [6.07, 6.45) is 0. The number of nitro groups is 1. The molecule has 0 aliphatic carbocycles. The second-order valence-corrected chi connectivity index (χ2v) is 6.62. The zero-order chi connectivity index (χ0) is 21.8. The second-order valence-electron chi connectivity index (χ2n) is 6.62. The topological polar surface area (TPSA) is 119 Å². The first-order chi connectivity index (χ1) is 14.2. The lowest BCUT2D eigenvalue weighted by Crippen LogP contribution is -2.16. The summed E-state index contributed by atoms with van der Waals surface area (Å²) in [4.78, 5) is 34.0. The first kappa shape index (κ1) is 20.5. The Bertz CT molecular complexity index is 1140. The number of aryl methyl sites for hydroxylation is 2. The second kappa shape index (κ2) is 8.44. The fourth-order valence-electron chi connectivity index (χ4n) is 2.74. The number of carboxylic acids is 1. The Morgan fingerprint density at radius 3 is 2.17 bits per heavy atom. The number of nitrogens with one attached hydrogen (secondary N) is 1. The summed E-state index contributed by atoms with van der Waals surface area (Å²) >= 11 is 0. The average molecular weight is 406 g/mol. The molecule has 2 N–H and O–H groups in total. The van der Waals surface area contributed by atoms with E-state index >= 15 is 0 Å². The van der Waals surface area contributed by atoms with Crippen molar-refractivity contribution in [3.05, 3.63) is 93.0 Å². The van der Waals surface area contributed by atoms with Gasteiger partial charge >= 0.3 is 5.97 Å². The average Bonchev–Trinajstić information content (AvgIpc) is 2.71. The first-order valence-electron chi connectivity index (χ1n) is 8.93. The summed E-state index contributed by atoms with van der Waals surface area (Å²) in [6, 6.07) is 15.4. The van der Waals surface area contributed by atoms with E-state index in [1.54, 1.807) is 24.3 Å². The minimum absolute atomic E-state index is 0.177. The lowest BCUT2D eigenvalue weighted by molar-refractivity contribution is -0.384. The molecule has 0 aliphatic heterocycles. The van der Waals surface area contributed by atoms with Gasteiger partial charge in [0, 0.05) is 17.8 Å². The maximum Gasteiger partial charge on any atom is 0.336 e. The molecule has 0 heterocycles. The van der Waals surface area contributed by atoms with Crippen LogP contribution in [-0.4, -0.2) is 21.9 Å². The fraction of sp³-hybridized carbons (Fsp3) is 0.0909. The zero-order valence-corrected chi connectivity index (χ0v) is 16.2. The number of nitrogens with zero attached hydrogens (tertiary/aromatic N) is 1. The predicted octanol–water partition coefficient (Wildman–Crippen LogP) is 4.95. The molecule has 1 amide bonds. The smallest absolute Gasteiger partial charge is 0.336 e. The van der Waals surface area contributed by atoms with E-state index in [-0.39, 0.29) is 5.56 Å². The van der Waals surface area contributed by atoms with Gasteiger partial charge in [-0.25, -0.2) is 4.79 Å². The third-order valence-corrected chi connectivity index (χ3v) is 4.52. The molecule has 0 aromatic heterocycles. The Kier molecular flexibility index (Phi) is 5.78. The molecule has 0 atom stereocenters. The van der Waals surface area contributed by atoms with Crippen LogP contribution in [0, 0.1) is 24.0 Å². The van der Waals surface area contributed by atoms with Crippen molar-refractivity contribution in [3.63, 3.8) is 0 Å². The molecule has 0 saturated heterocycles. The van der Waals surface area contributed by atoms with Gasteiger partial charge in [0.25, 0.3) is 11.6 Å². The van der Waals surface area contributed by atoms with Crippen molar-refractivity contribution in [2.45, 2.75) is 13.8 Å². The monoisotopic (exact) mass is 406 g/mol. The molecule has 30 heavy (non-hydrogen) atoms. The molecule has 0 radical (unpaired) electrons. The van der Waals surface area contributed by atoms with Crippen molar-refractivity contribution >= 4 is 23.3 Å². The number of aromatic carboxylic acids is 1. The highest BCUT2D eigenvalue weighted by Gasteiger charge is 2.20. The standard InChI is InChI=1S/C22H18N2O6/c1-13-3-7-18(11-14(13)2)30-17-8-4-15(5-9-17)23-21(25)19-10-6-16(24(28)29)12-20(19)22(26)27/h3-12H,1-2H3,(H,23,25)(H,26,27). The van der Waals surface area contributed by atoms with Crippen LogP contribution < -0.4 is 10.1 Å². The lowest BCUT2D eigenvalue weighted by Gasteiger charge is -2.10. The molecule has 8 heteroatoms. The molecule has 3 aromatic rings. The Labute approximate surface area is 171 Å². The van der Waals surface area contributed by atoms with Gasteiger partial charge in [0.1, 0.15) is 11.5 Å². The molecular weight excluding hydrogens is 388 g/mol. The lowest BCUT2D eigenvalue weighted by atomic mass is 10.1. The number of benzene rings is 3. The van der Waals surface area contributed by atoms with Crippen LogP contribution in [0.2, 0.25) is 0 Å². The molecule has 0 spiro atoms. The van der Waals surface area contributed by atoms with Gasteiger partial charge in [-0.05, 0) is 67.4 Å². The highest BCUT2D eigenvalue weighted by Crippen LogP contribution is 2.25. The SMILES string of the molecule is Cc1ccc(Oc2ccc(NC(=O)c3ccc([N+](=O)[O-])cc3C(=O)O)cc2)cc1C. The number of hydrogen-bond acceptors (Lipinski definition) is 5. The summed E-state index contributed by atoms with van der Waals surface area (Å²) in [6.45, 7) is 4.00. The van der Waals surface area contributed by atoms with E-state index in [1.165, 1.54) is 0 Å². The number of hydrogen-bond donors (Lipinski definition) is 2. The van der Waals surface area contributed by atoms with Gasteiger partial charge in [-0.1, -0.05) is 6.07 Å². The van der Waals surface area contributed by atoms with Crippen LogP contribution >= 0.6 is 0 Å². The first-order valence-corrected chi connectivity index (χ1v) is 8.93. The highest BCUT2D eigenvalue weighted by atomic mass is 16.6. The Balaban J connectivity index is 1.75. The minimum Gasteiger partial charge on any atom is -0.478 e. The maximum atomic E-state index is 12.5. The van der Waals surface area contributed by atoms with E-state index in [1.807, 2.05) is 32.0 Å². The maximum absolute atomic E-state index is 12.5.